The molecule has 1 N–H and O–H groups in total. The van der Waals surface area contributed by atoms with Crippen LogP contribution in [0.15, 0.2) is 24.3 Å². The molecule has 1 aliphatic heterocycles. The second-order valence-electron chi connectivity index (χ2n) is 4.13. The molecule has 1 saturated heterocycles. The normalized spacial score (nSPS) is 17.5. The summed E-state index contributed by atoms with van der Waals surface area (Å²) in [6, 6.07) is 6.25. The van der Waals surface area contributed by atoms with Crippen LogP contribution in [0, 0.1) is 0 Å². The Morgan fingerprint density at radius 3 is 2.50 bits per heavy atom. The quantitative estimate of drug-likeness (QED) is 0.906. The fraction of sp³-hybridized carbons (Fsp3) is 0.500. The van der Waals surface area contributed by atoms with Crippen molar-refractivity contribution in [1.82, 2.24) is 5.32 Å². The van der Waals surface area contributed by atoms with E-state index in [1.54, 1.807) is 12.1 Å². The molecule has 0 saturated carbocycles. The Kier molecular flexibility index (Phi) is 3.96. The number of nitrogens with zero attached hydrogens (tertiary/aromatic N) is 1. The second-order valence-corrected chi connectivity index (χ2v) is 4.13. The summed E-state index contributed by atoms with van der Waals surface area (Å²) in [5.41, 5.74) is 0.377. The molecule has 1 heterocycles. The molecular formula is C12H14F3N2O. The molecule has 1 radical (unpaired) electrons. The first kappa shape index (κ1) is 13.0. The van der Waals surface area contributed by atoms with Gasteiger partial charge in [0.25, 0.3) is 0 Å². The number of benzene rings is 1. The van der Waals surface area contributed by atoms with Gasteiger partial charge >= 0.3 is 6.36 Å². The number of rotatable bonds is 3. The predicted octanol–water partition coefficient (Wildman–Crippen LogP) is 2.76. The van der Waals surface area contributed by atoms with E-state index >= 15 is 0 Å². The van der Waals surface area contributed by atoms with Crippen molar-refractivity contribution in [2.75, 3.05) is 18.4 Å². The lowest BCUT2D eigenvalue weighted by Crippen LogP contribution is -2.32. The summed E-state index contributed by atoms with van der Waals surface area (Å²) in [5, 5.41) is 7.29. The Morgan fingerprint density at radius 1 is 1.17 bits per heavy atom. The summed E-state index contributed by atoms with van der Waals surface area (Å²) in [5.74, 6) is -0.187. The Bertz CT molecular complexity index is 389. The van der Waals surface area contributed by atoms with Gasteiger partial charge < -0.3 is 10.1 Å². The summed E-state index contributed by atoms with van der Waals surface area (Å²) < 4.78 is 40.7. The minimum atomic E-state index is -4.67. The molecule has 2 rings (SSSR count). The van der Waals surface area contributed by atoms with Crippen LogP contribution in [-0.4, -0.2) is 25.5 Å². The van der Waals surface area contributed by atoms with Crippen molar-refractivity contribution in [2.24, 2.45) is 0 Å². The van der Waals surface area contributed by atoms with Crippen molar-refractivity contribution >= 4 is 5.69 Å². The minimum Gasteiger partial charge on any atom is -0.404 e. The predicted molar refractivity (Wildman–Crippen MR) is 61.6 cm³/mol. The molecule has 0 spiro atoms. The first-order valence-corrected chi connectivity index (χ1v) is 5.79. The third kappa shape index (κ3) is 3.80. The largest absolute Gasteiger partial charge is 0.573 e. The van der Waals surface area contributed by atoms with E-state index in [0.29, 0.717) is 5.69 Å². The van der Waals surface area contributed by atoms with Crippen LogP contribution in [-0.2, 0) is 0 Å². The van der Waals surface area contributed by atoms with Crippen LogP contribution >= 0.6 is 0 Å². The molecule has 0 unspecified atom stereocenters. The number of piperidine rings is 1. The molecule has 0 atom stereocenters. The lowest BCUT2D eigenvalue weighted by molar-refractivity contribution is -0.274. The molecule has 0 amide bonds. The van der Waals surface area contributed by atoms with E-state index in [1.807, 2.05) is 0 Å². The number of halogens is 3. The summed E-state index contributed by atoms with van der Waals surface area (Å²) in [6.45, 7) is 1.50. The van der Waals surface area contributed by atoms with Gasteiger partial charge in [-0.1, -0.05) is 12.1 Å². The molecule has 1 fully saturated rings. The monoisotopic (exact) mass is 259 g/mol. The van der Waals surface area contributed by atoms with Crippen molar-refractivity contribution in [2.45, 2.75) is 25.2 Å². The molecule has 99 valence electrons. The number of para-hydroxylation sites is 2. The van der Waals surface area contributed by atoms with Crippen LogP contribution < -0.4 is 15.4 Å². The van der Waals surface area contributed by atoms with Crippen molar-refractivity contribution < 1.29 is 17.9 Å². The number of anilines is 1. The van der Waals surface area contributed by atoms with Gasteiger partial charge in [-0.3, -0.25) is 0 Å². The van der Waals surface area contributed by atoms with E-state index < -0.39 is 6.36 Å². The maximum absolute atomic E-state index is 12.2. The van der Waals surface area contributed by atoms with Gasteiger partial charge in [0.1, 0.15) is 0 Å². The van der Waals surface area contributed by atoms with Crippen LogP contribution in [0.1, 0.15) is 12.8 Å². The summed E-state index contributed by atoms with van der Waals surface area (Å²) in [6.07, 6.45) is -3.00. The molecule has 1 aliphatic rings. The smallest absolute Gasteiger partial charge is 0.404 e. The highest BCUT2D eigenvalue weighted by Gasteiger charge is 2.32. The van der Waals surface area contributed by atoms with Crippen molar-refractivity contribution in [3.05, 3.63) is 24.3 Å². The van der Waals surface area contributed by atoms with Crippen LogP contribution in [0.4, 0.5) is 18.9 Å². The zero-order chi connectivity index (χ0) is 13.0. The van der Waals surface area contributed by atoms with Crippen molar-refractivity contribution in [3.63, 3.8) is 0 Å². The molecule has 18 heavy (non-hydrogen) atoms. The number of alkyl halides is 3. The molecule has 0 aliphatic carbocycles. The SMILES string of the molecule is FC(F)(F)Oc1ccccc1NC1CC[N]CC1. The molecular weight excluding hydrogens is 245 g/mol. The summed E-state index contributed by atoms with van der Waals surface area (Å²) >= 11 is 0. The van der Waals surface area contributed by atoms with Gasteiger partial charge in [-0.15, -0.1) is 13.2 Å². The Labute approximate surface area is 103 Å². The summed E-state index contributed by atoms with van der Waals surface area (Å²) in [7, 11) is 0. The number of hydrogen-bond acceptors (Lipinski definition) is 2. The van der Waals surface area contributed by atoms with Crippen LogP contribution in [0.2, 0.25) is 0 Å². The average molecular weight is 259 g/mol. The Morgan fingerprint density at radius 2 is 1.83 bits per heavy atom. The lowest BCUT2D eigenvalue weighted by Gasteiger charge is -2.25. The van der Waals surface area contributed by atoms with Crippen LogP contribution in [0.5, 0.6) is 5.75 Å². The van der Waals surface area contributed by atoms with E-state index in [-0.39, 0.29) is 11.8 Å². The molecule has 0 aromatic heterocycles. The van der Waals surface area contributed by atoms with Gasteiger partial charge in [0.15, 0.2) is 5.75 Å². The molecule has 0 bridgehead atoms. The molecule has 1 aromatic carbocycles. The molecule has 6 heteroatoms. The Hall–Kier alpha value is -1.43. The highest BCUT2D eigenvalue weighted by Crippen LogP contribution is 2.31. The van der Waals surface area contributed by atoms with Crippen LogP contribution in [0.25, 0.3) is 0 Å². The van der Waals surface area contributed by atoms with E-state index in [9.17, 15) is 13.2 Å². The fourth-order valence-corrected chi connectivity index (χ4v) is 1.91. The number of ether oxygens (including phenoxy) is 1. The van der Waals surface area contributed by atoms with Crippen molar-refractivity contribution in [3.8, 4) is 5.75 Å². The maximum Gasteiger partial charge on any atom is 0.573 e. The van der Waals surface area contributed by atoms with E-state index in [0.717, 1.165) is 25.9 Å². The molecule has 1 aromatic rings. The zero-order valence-corrected chi connectivity index (χ0v) is 9.70. The van der Waals surface area contributed by atoms with Gasteiger partial charge in [0, 0.05) is 19.1 Å². The Balaban J connectivity index is 2.06. The maximum atomic E-state index is 12.2. The first-order valence-electron chi connectivity index (χ1n) is 5.79. The van der Waals surface area contributed by atoms with Crippen LogP contribution in [0.3, 0.4) is 0 Å². The third-order valence-corrected chi connectivity index (χ3v) is 2.74. The van der Waals surface area contributed by atoms with Gasteiger partial charge in [-0.25, -0.2) is 5.32 Å². The number of hydrogen-bond donors (Lipinski definition) is 1. The van der Waals surface area contributed by atoms with E-state index in [2.05, 4.69) is 15.4 Å². The highest BCUT2D eigenvalue weighted by molar-refractivity contribution is 5.56. The van der Waals surface area contributed by atoms with Crippen molar-refractivity contribution in [1.29, 1.82) is 0 Å². The van der Waals surface area contributed by atoms with Gasteiger partial charge in [0.05, 0.1) is 5.69 Å². The highest BCUT2D eigenvalue weighted by atomic mass is 19.4. The minimum absolute atomic E-state index is 0.153. The second kappa shape index (κ2) is 5.48. The van der Waals surface area contributed by atoms with Gasteiger partial charge in [-0.2, -0.15) is 0 Å². The standard InChI is InChI=1S/C12H14F3N2O/c13-12(14,15)18-11-4-2-1-3-10(11)17-9-5-7-16-8-6-9/h1-4,9,17H,5-8H2. The lowest BCUT2D eigenvalue weighted by atomic mass is 10.1. The third-order valence-electron chi connectivity index (χ3n) is 2.74. The van der Waals surface area contributed by atoms with E-state index in [4.69, 9.17) is 0 Å². The number of nitrogens with one attached hydrogen (secondary N) is 1. The first-order chi connectivity index (χ1) is 8.54. The average Bonchev–Trinajstić information content (AvgIpc) is 2.31. The van der Waals surface area contributed by atoms with E-state index in [1.165, 1.54) is 12.1 Å². The topological polar surface area (TPSA) is 35.4 Å². The van der Waals surface area contributed by atoms with Gasteiger partial charge in [-0.05, 0) is 25.0 Å². The molecule has 3 nitrogen and oxygen atoms in total. The fourth-order valence-electron chi connectivity index (χ4n) is 1.91. The van der Waals surface area contributed by atoms with Gasteiger partial charge in [0.2, 0.25) is 0 Å². The zero-order valence-electron chi connectivity index (χ0n) is 9.70. The summed E-state index contributed by atoms with van der Waals surface area (Å²) in [4.78, 5) is 0.